The maximum absolute atomic E-state index is 13.7. The summed E-state index contributed by atoms with van der Waals surface area (Å²) in [5.41, 5.74) is 0. The summed E-state index contributed by atoms with van der Waals surface area (Å²) in [7, 11) is 0. The third-order valence-corrected chi connectivity index (χ3v) is 26.8. The molecule has 46 heteroatoms. The first-order valence-corrected chi connectivity index (χ1v) is 49.8. The van der Waals surface area contributed by atoms with Gasteiger partial charge in [0.05, 0.1) is 71.1 Å². The summed E-state index contributed by atoms with van der Waals surface area (Å²) in [6.07, 6.45) is -40.2. The number of rotatable bonds is 60. The topological polar surface area (TPSA) is 709 Å². The fourth-order valence-electron chi connectivity index (χ4n) is 18.7. The van der Waals surface area contributed by atoms with E-state index in [1.807, 2.05) is 6.08 Å². The molecule has 8 aliphatic heterocycles. The number of hydrogen-bond acceptors (Lipinski definition) is 42. The standard InChI is InChI=1S/C92H164N4O42/c1-7-9-11-13-15-17-19-21-22-23-24-26-28-30-32-34-36-38-60(108)96-51(52(107)37-35-33-31-29-27-25-20-18-16-14-12-10-8-2)46-123-88-75(120)73(118)78(59(45-103)131-88)132-90-76(121)81(68(113)56(42-100)128-90)135-86-62(94-49(5)105)79(66(111)54(40-98)126-86)133-91-77(122)82(69(114)57(43-101)129-91)136-87-63(95-50(6)106)80(67(112)55(41-99)127-87)134-92-84(138-89-74(119)72(117)64(109)47(3)124-89)83(70(115)58(44-102)130-92)137-85-61(93-48(4)104)71(116)65(110)53(39-97)125-85/h35,37,47,51-59,61-92,97-103,107,109-122H,7-34,36,38-46H2,1-6H3,(H,93,104)(H,94,105)(H,95,106)(H,96,108)/b37-35+/t47?,51-,52+,53?,54?,55?,56?,57?,58?,59?,61?,62?,63?,64+,65-,66+,67+,68-,69-,70-,71+,72?,73+,74-,75?,76?,77?,78+,79+,80+,81-,82-,83-,84?,85+,86-,87-,88+,89+,90-,91-,92-/m0/s1. The molecule has 0 spiro atoms. The van der Waals surface area contributed by atoms with E-state index < -0.39 is 328 Å². The van der Waals surface area contributed by atoms with Crippen LogP contribution in [0.15, 0.2) is 12.2 Å². The van der Waals surface area contributed by atoms with Gasteiger partial charge in [-0.05, 0) is 26.2 Å². The lowest BCUT2D eigenvalue weighted by molar-refractivity contribution is -0.401. The molecule has 4 amide bonds. The van der Waals surface area contributed by atoms with Gasteiger partial charge < -0.3 is 209 Å². The van der Waals surface area contributed by atoms with Crippen LogP contribution in [-0.2, 0) is 95.0 Å². The number of amides is 4. The number of carbonyl (C=O) groups excluding carboxylic acids is 4. The van der Waals surface area contributed by atoms with Crippen molar-refractivity contribution in [1.29, 1.82) is 0 Å². The first-order chi connectivity index (χ1) is 66.1. The Morgan fingerprint density at radius 3 is 1.03 bits per heavy atom. The lowest BCUT2D eigenvalue weighted by atomic mass is 9.93. The highest BCUT2D eigenvalue weighted by molar-refractivity contribution is 5.76. The third kappa shape index (κ3) is 34.3. The van der Waals surface area contributed by atoms with Crippen LogP contribution < -0.4 is 21.3 Å². The second-order valence-electron chi connectivity index (χ2n) is 37.7. The molecule has 0 saturated carbocycles. The van der Waals surface area contributed by atoms with Crippen LogP contribution in [-0.4, -0.2) is 446 Å². The van der Waals surface area contributed by atoms with Crippen molar-refractivity contribution in [2.24, 2.45) is 0 Å². The molecule has 0 aromatic rings. The van der Waals surface area contributed by atoms with E-state index in [4.69, 9.17) is 75.8 Å². The zero-order valence-electron chi connectivity index (χ0n) is 80.3. The summed E-state index contributed by atoms with van der Waals surface area (Å²) in [5.74, 6) is -3.15. The number of nitrogens with one attached hydrogen (secondary N) is 4. The summed E-state index contributed by atoms with van der Waals surface area (Å²) in [6, 6.07) is -6.85. The van der Waals surface area contributed by atoms with Gasteiger partial charge in [0.2, 0.25) is 23.6 Å². The molecule has 0 aromatic carbocycles. The summed E-state index contributed by atoms with van der Waals surface area (Å²) >= 11 is 0. The van der Waals surface area contributed by atoms with Gasteiger partial charge >= 0.3 is 0 Å². The van der Waals surface area contributed by atoms with Gasteiger partial charge in [-0.1, -0.05) is 193 Å². The number of aliphatic hydroxyl groups is 22. The molecule has 0 bridgehead atoms. The Hall–Kier alpha value is -3.90. The zero-order chi connectivity index (χ0) is 101. The Morgan fingerprint density at radius 1 is 0.297 bits per heavy atom. The highest BCUT2D eigenvalue weighted by atomic mass is 16.8. The Morgan fingerprint density at radius 2 is 0.609 bits per heavy atom. The molecule has 46 nitrogen and oxygen atoms in total. The van der Waals surface area contributed by atoms with Crippen LogP contribution in [0.25, 0.3) is 0 Å². The van der Waals surface area contributed by atoms with Gasteiger partial charge in [-0.3, -0.25) is 19.2 Å². The monoisotopic (exact) mass is 2000 g/mol. The van der Waals surface area contributed by atoms with Crippen molar-refractivity contribution in [1.82, 2.24) is 21.3 Å². The molecule has 8 saturated heterocycles. The summed E-state index contributed by atoms with van der Waals surface area (Å²) in [4.78, 5) is 53.2. The van der Waals surface area contributed by atoms with Gasteiger partial charge in [0.15, 0.2) is 50.3 Å². The van der Waals surface area contributed by atoms with Crippen LogP contribution in [0, 0.1) is 0 Å². The predicted octanol–water partition coefficient (Wildman–Crippen LogP) is -4.82. The Balaban J connectivity index is 0.968. The van der Waals surface area contributed by atoms with Gasteiger partial charge in [0, 0.05) is 27.2 Å². The van der Waals surface area contributed by atoms with E-state index >= 15 is 0 Å². The highest BCUT2D eigenvalue weighted by Crippen LogP contribution is 2.41. The van der Waals surface area contributed by atoms with Gasteiger partial charge in [-0.25, -0.2) is 0 Å². The minimum absolute atomic E-state index is 0.145. The fraction of sp³-hybridized carbons (Fsp3) is 0.935. The van der Waals surface area contributed by atoms with Crippen LogP contribution in [0.5, 0.6) is 0 Å². The molecule has 0 aromatic heterocycles. The number of carbonyl (C=O) groups is 4. The molecular weight excluding hydrogens is 1830 g/mol. The normalized spacial score (nSPS) is 39.1. The lowest BCUT2D eigenvalue weighted by Crippen LogP contribution is -2.71. The van der Waals surface area contributed by atoms with E-state index in [0.29, 0.717) is 12.8 Å². The average molecular weight is 2000 g/mol. The van der Waals surface area contributed by atoms with Crippen molar-refractivity contribution >= 4 is 23.6 Å². The fourth-order valence-corrected chi connectivity index (χ4v) is 18.7. The number of unbranched alkanes of at least 4 members (excludes halogenated alkanes) is 27. The Labute approximate surface area is 805 Å². The number of ether oxygens (including phenoxy) is 16. The van der Waals surface area contributed by atoms with Crippen LogP contribution >= 0.6 is 0 Å². The smallest absolute Gasteiger partial charge is 0.220 e. The van der Waals surface area contributed by atoms with Crippen molar-refractivity contribution in [2.75, 3.05) is 52.9 Å². The second kappa shape index (κ2) is 61.6. The van der Waals surface area contributed by atoms with E-state index in [9.17, 15) is 132 Å². The number of aliphatic hydroxyl groups excluding tert-OH is 22. The maximum Gasteiger partial charge on any atom is 0.220 e. The van der Waals surface area contributed by atoms with Gasteiger partial charge in [-0.2, -0.15) is 0 Å². The molecule has 0 radical (unpaired) electrons. The lowest BCUT2D eigenvalue weighted by Gasteiger charge is -2.52. The molecular formula is C92H164N4O42. The molecule has 8 rings (SSSR count). The number of allylic oxidation sites excluding steroid dienone is 1. The molecule has 8 aliphatic rings. The first-order valence-electron chi connectivity index (χ1n) is 49.8. The molecule has 16 unspecified atom stereocenters. The summed E-state index contributed by atoms with van der Waals surface area (Å²) < 4.78 is 97.2. The van der Waals surface area contributed by atoms with Gasteiger partial charge in [0.1, 0.15) is 189 Å². The van der Waals surface area contributed by atoms with Crippen molar-refractivity contribution in [3.8, 4) is 0 Å². The van der Waals surface area contributed by atoms with Crippen LogP contribution in [0.4, 0.5) is 0 Å². The molecule has 42 atom stereocenters. The molecule has 804 valence electrons. The van der Waals surface area contributed by atoms with Gasteiger partial charge in [0.25, 0.3) is 0 Å². The summed E-state index contributed by atoms with van der Waals surface area (Å²) in [5, 5.41) is 261. The van der Waals surface area contributed by atoms with Crippen molar-refractivity contribution < 1.29 is 207 Å². The van der Waals surface area contributed by atoms with Crippen molar-refractivity contribution in [2.45, 2.75) is 492 Å². The van der Waals surface area contributed by atoms with E-state index in [-0.39, 0.29) is 12.3 Å². The van der Waals surface area contributed by atoms with E-state index in [2.05, 4.69) is 35.1 Å². The quantitative estimate of drug-likeness (QED) is 0.0201. The predicted molar refractivity (Wildman–Crippen MR) is 478 cm³/mol. The van der Waals surface area contributed by atoms with Crippen LogP contribution in [0.2, 0.25) is 0 Å². The minimum atomic E-state index is -2.45. The first kappa shape index (κ1) is 119. The molecule has 0 aliphatic carbocycles. The van der Waals surface area contributed by atoms with Crippen molar-refractivity contribution in [3.63, 3.8) is 0 Å². The van der Waals surface area contributed by atoms with Crippen LogP contribution in [0.1, 0.15) is 234 Å². The molecule has 26 N–H and O–H groups in total. The zero-order valence-corrected chi connectivity index (χ0v) is 80.3. The maximum atomic E-state index is 13.7. The highest BCUT2D eigenvalue weighted by Gasteiger charge is 2.61. The number of hydrogen-bond donors (Lipinski definition) is 26. The average Bonchev–Trinajstić information content (AvgIpc) is 0.766. The minimum Gasteiger partial charge on any atom is -0.394 e. The van der Waals surface area contributed by atoms with Crippen molar-refractivity contribution in [3.05, 3.63) is 12.2 Å². The molecule has 8 heterocycles. The van der Waals surface area contributed by atoms with Gasteiger partial charge in [-0.15, -0.1) is 0 Å². The van der Waals surface area contributed by atoms with E-state index in [1.165, 1.54) is 122 Å². The van der Waals surface area contributed by atoms with E-state index in [0.717, 1.165) is 78.6 Å². The molecule has 8 fully saturated rings. The Kier molecular flexibility index (Phi) is 53.3. The largest absolute Gasteiger partial charge is 0.394 e. The SMILES string of the molecule is CCCCCCCCCCCCC/C=C/[C@@H](O)[C@H](CO[C@@H]1OC(CO)[C@@H](O[C@@H]2OC(CO)[C@H](O)[C@H](O[C@@H]3OC(CO)[C@@H](O)[C@H](O[C@@H]4OC(CO)[C@H](O)[C@H](O[C@@H]5OC(CO)[C@@H](O)[C@H](O[C@@H]6OC(CO)[C@H](O)[C@H](O[C@H]7OC(CO)[C@H](O)[C@H](O)C7NC(C)=O)C6O[C@H]6OC(C)[C@@H](O)C(O)[C@@H]6O)C5NC(C)=O)C4O)C3NC(C)=O)C2O)[C@H](O)C1O)NC(=O)CCCCCCCCCCCCCCCCCCC. The van der Waals surface area contributed by atoms with Crippen LogP contribution in [0.3, 0.4) is 0 Å². The second-order valence-corrected chi connectivity index (χ2v) is 37.7. The van der Waals surface area contributed by atoms with E-state index in [1.54, 1.807) is 6.08 Å². The Bertz CT molecular complexity index is 3420. The summed E-state index contributed by atoms with van der Waals surface area (Å²) in [6.45, 7) is 0.453. The molecule has 138 heavy (non-hydrogen) atoms. The third-order valence-electron chi connectivity index (χ3n) is 26.8.